The van der Waals surface area contributed by atoms with Gasteiger partial charge in [-0.2, -0.15) is 0 Å². The van der Waals surface area contributed by atoms with E-state index in [1.54, 1.807) is 11.4 Å². The molecule has 0 atom stereocenters. The Kier molecular flexibility index (Phi) is 5.87. The van der Waals surface area contributed by atoms with Crippen molar-refractivity contribution in [3.05, 3.63) is 0 Å². The molecule has 5 heteroatoms. The molecule has 0 heterocycles. The summed E-state index contributed by atoms with van der Waals surface area (Å²) in [4.78, 5) is 0. The minimum absolute atomic E-state index is 0.237. The van der Waals surface area contributed by atoms with Crippen LogP contribution in [0.1, 0.15) is 58.3 Å². The summed E-state index contributed by atoms with van der Waals surface area (Å²) in [7, 11) is -1.28. The van der Waals surface area contributed by atoms with Crippen LogP contribution < -0.4 is 5.32 Å². The molecule has 0 bridgehead atoms. The van der Waals surface area contributed by atoms with Crippen molar-refractivity contribution in [3.63, 3.8) is 0 Å². The van der Waals surface area contributed by atoms with Crippen molar-refractivity contribution >= 4 is 10.0 Å². The molecular weight excluding hydrogens is 272 g/mol. The number of hydrogen-bond donors (Lipinski definition) is 1. The summed E-state index contributed by atoms with van der Waals surface area (Å²) < 4.78 is 26.3. The second-order valence-electron chi connectivity index (χ2n) is 6.68. The molecule has 2 aliphatic carbocycles. The molecule has 0 unspecified atom stereocenters. The van der Waals surface area contributed by atoms with Crippen molar-refractivity contribution in [2.45, 2.75) is 70.4 Å². The average molecular weight is 302 g/mol. The van der Waals surface area contributed by atoms with Gasteiger partial charge in [0.1, 0.15) is 0 Å². The largest absolute Gasteiger partial charge is 0.314 e. The quantitative estimate of drug-likeness (QED) is 0.700. The average Bonchev–Trinajstić information content (AvgIpc) is 3.22. The Hall–Kier alpha value is -0.130. The van der Waals surface area contributed by atoms with E-state index in [0.717, 1.165) is 57.0 Å². The van der Waals surface area contributed by atoms with Crippen LogP contribution in [-0.4, -0.2) is 44.2 Å². The van der Waals surface area contributed by atoms with Gasteiger partial charge >= 0.3 is 0 Å². The lowest BCUT2D eigenvalue weighted by molar-refractivity contribution is 0.246. The van der Waals surface area contributed by atoms with E-state index in [2.05, 4.69) is 12.2 Å². The van der Waals surface area contributed by atoms with Gasteiger partial charge in [-0.15, -0.1) is 0 Å². The number of nitrogens with zero attached hydrogens (tertiary/aromatic N) is 1. The lowest BCUT2D eigenvalue weighted by Crippen LogP contribution is -2.40. The van der Waals surface area contributed by atoms with Gasteiger partial charge in [-0.25, -0.2) is 12.7 Å². The highest BCUT2D eigenvalue weighted by molar-refractivity contribution is 7.89. The van der Waals surface area contributed by atoms with Crippen molar-refractivity contribution in [2.24, 2.45) is 5.92 Å². The van der Waals surface area contributed by atoms with Gasteiger partial charge in [-0.3, -0.25) is 0 Å². The van der Waals surface area contributed by atoms with Crippen LogP contribution >= 0.6 is 0 Å². The third kappa shape index (κ3) is 5.01. The Morgan fingerprint density at radius 3 is 2.30 bits per heavy atom. The van der Waals surface area contributed by atoms with Crippen LogP contribution in [0.5, 0.6) is 0 Å². The van der Waals surface area contributed by atoms with Gasteiger partial charge in [-0.1, -0.05) is 6.92 Å². The van der Waals surface area contributed by atoms with Gasteiger partial charge in [0, 0.05) is 19.1 Å². The molecule has 1 N–H and O–H groups in total. The first-order valence-corrected chi connectivity index (χ1v) is 9.79. The van der Waals surface area contributed by atoms with Gasteiger partial charge in [0.2, 0.25) is 10.0 Å². The van der Waals surface area contributed by atoms with E-state index in [1.807, 2.05) is 0 Å². The van der Waals surface area contributed by atoms with E-state index >= 15 is 0 Å². The first-order valence-electron chi connectivity index (χ1n) is 8.18. The number of hydrogen-bond acceptors (Lipinski definition) is 3. The molecule has 0 aromatic rings. The molecule has 2 rings (SSSR count). The zero-order valence-corrected chi connectivity index (χ0v) is 13.8. The molecule has 2 aliphatic rings. The summed E-state index contributed by atoms with van der Waals surface area (Å²) in [6, 6.07) is 0.958. The van der Waals surface area contributed by atoms with E-state index in [1.165, 1.54) is 12.8 Å². The summed E-state index contributed by atoms with van der Waals surface area (Å²) in [5, 5.41) is 3.43. The molecule has 2 fully saturated rings. The third-order valence-corrected chi connectivity index (χ3v) is 6.76. The zero-order chi connectivity index (χ0) is 14.6. The minimum Gasteiger partial charge on any atom is -0.314 e. The second-order valence-corrected chi connectivity index (χ2v) is 8.83. The molecule has 0 spiro atoms. The molecule has 0 aromatic heterocycles. The van der Waals surface area contributed by atoms with Gasteiger partial charge in [0.25, 0.3) is 0 Å². The minimum atomic E-state index is -3.06. The smallest absolute Gasteiger partial charge is 0.214 e. The van der Waals surface area contributed by atoms with Gasteiger partial charge in [0.05, 0.1) is 5.75 Å². The van der Waals surface area contributed by atoms with Gasteiger partial charge in [0.15, 0.2) is 0 Å². The van der Waals surface area contributed by atoms with Crippen molar-refractivity contribution < 1.29 is 8.42 Å². The lowest BCUT2D eigenvalue weighted by atomic mass is 9.87. The Balaban J connectivity index is 1.67. The van der Waals surface area contributed by atoms with E-state index in [0.29, 0.717) is 5.75 Å². The molecule has 0 radical (unpaired) electrons. The fourth-order valence-corrected chi connectivity index (χ4v) is 4.50. The van der Waals surface area contributed by atoms with Crippen molar-refractivity contribution in [1.29, 1.82) is 0 Å². The monoisotopic (exact) mass is 302 g/mol. The molecule has 118 valence electrons. The normalized spacial score (nSPS) is 27.9. The first kappa shape index (κ1) is 16.2. The number of nitrogens with one attached hydrogen (secondary N) is 1. The highest BCUT2D eigenvalue weighted by Gasteiger charge is 2.28. The molecule has 4 nitrogen and oxygen atoms in total. The fourth-order valence-electron chi connectivity index (χ4n) is 2.98. The Bertz CT molecular complexity index is 385. The number of rotatable bonds is 8. The standard InChI is InChI=1S/C15H30N2O2S/c1-13-5-9-15(10-6-13)17(2)20(18,19)12-4-3-11-16-14-7-8-14/h13-16H,3-12H2,1-2H3. The Morgan fingerprint density at radius 2 is 1.70 bits per heavy atom. The van der Waals surface area contributed by atoms with Gasteiger partial charge < -0.3 is 5.32 Å². The molecule has 2 saturated carbocycles. The summed E-state index contributed by atoms with van der Waals surface area (Å²) in [6.07, 6.45) is 8.70. The van der Waals surface area contributed by atoms with Crippen LogP contribution in [-0.2, 0) is 10.0 Å². The summed E-state index contributed by atoms with van der Waals surface area (Å²) >= 11 is 0. The van der Waals surface area contributed by atoms with Gasteiger partial charge in [-0.05, 0) is 63.8 Å². The maximum absolute atomic E-state index is 12.3. The van der Waals surface area contributed by atoms with Crippen LogP contribution in [0.3, 0.4) is 0 Å². The van der Waals surface area contributed by atoms with Crippen LogP contribution in [0, 0.1) is 5.92 Å². The Labute approximate surface area is 124 Å². The third-order valence-electron chi connectivity index (χ3n) is 4.78. The lowest BCUT2D eigenvalue weighted by Gasteiger charge is -2.32. The van der Waals surface area contributed by atoms with Crippen LogP contribution in [0.4, 0.5) is 0 Å². The number of sulfonamides is 1. The number of unbranched alkanes of at least 4 members (excludes halogenated alkanes) is 1. The maximum Gasteiger partial charge on any atom is 0.214 e. The molecule has 0 aromatic carbocycles. The highest BCUT2D eigenvalue weighted by atomic mass is 32.2. The summed E-state index contributed by atoms with van der Waals surface area (Å²) in [5.74, 6) is 1.07. The summed E-state index contributed by atoms with van der Waals surface area (Å²) in [5.41, 5.74) is 0. The predicted octanol–water partition coefficient (Wildman–Crippen LogP) is 2.36. The van der Waals surface area contributed by atoms with E-state index in [4.69, 9.17) is 0 Å². The van der Waals surface area contributed by atoms with E-state index in [-0.39, 0.29) is 6.04 Å². The fraction of sp³-hybridized carbons (Fsp3) is 1.00. The van der Waals surface area contributed by atoms with E-state index < -0.39 is 10.0 Å². The molecular formula is C15H30N2O2S. The Morgan fingerprint density at radius 1 is 1.05 bits per heavy atom. The predicted molar refractivity (Wildman–Crippen MR) is 83.2 cm³/mol. The van der Waals surface area contributed by atoms with Crippen molar-refractivity contribution in [2.75, 3.05) is 19.3 Å². The SMILES string of the molecule is CC1CCC(N(C)S(=O)(=O)CCCCNC2CC2)CC1. The van der Waals surface area contributed by atoms with Crippen LogP contribution in [0.2, 0.25) is 0 Å². The summed E-state index contributed by atoms with van der Waals surface area (Å²) in [6.45, 7) is 3.22. The molecule has 0 saturated heterocycles. The molecule has 0 aliphatic heterocycles. The second kappa shape index (κ2) is 7.23. The van der Waals surface area contributed by atoms with Crippen molar-refractivity contribution in [3.8, 4) is 0 Å². The first-order chi connectivity index (χ1) is 9.49. The topological polar surface area (TPSA) is 49.4 Å². The van der Waals surface area contributed by atoms with Crippen molar-refractivity contribution in [1.82, 2.24) is 9.62 Å². The highest BCUT2D eigenvalue weighted by Crippen LogP contribution is 2.28. The van der Waals surface area contributed by atoms with Crippen LogP contribution in [0.25, 0.3) is 0 Å². The molecule has 20 heavy (non-hydrogen) atoms. The van der Waals surface area contributed by atoms with Crippen LogP contribution in [0.15, 0.2) is 0 Å². The zero-order valence-electron chi connectivity index (χ0n) is 13.0. The molecule has 0 amide bonds. The van der Waals surface area contributed by atoms with E-state index in [9.17, 15) is 8.42 Å². The maximum atomic E-state index is 12.3.